The van der Waals surface area contributed by atoms with Gasteiger partial charge in [0.2, 0.25) is 0 Å². The maximum absolute atomic E-state index is 12.1. The normalized spacial score (nSPS) is 24.1. The van der Waals surface area contributed by atoms with Gasteiger partial charge in [-0.25, -0.2) is 4.98 Å². The smallest absolute Gasteiger partial charge is 0.271 e. The minimum absolute atomic E-state index is 0.0324. The number of carbonyl (C=O) groups is 1. The van der Waals surface area contributed by atoms with E-state index in [0.717, 1.165) is 19.5 Å². The van der Waals surface area contributed by atoms with Gasteiger partial charge in [0.1, 0.15) is 5.69 Å². The van der Waals surface area contributed by atoms with Gasteiger partial charge in [-0.1, -0.05) is 0 Å². The number of hydrogen-bond donors (Lipinski definition) is 1. The highest BCUT2D eigenvalue weighted by Crippen LogP contribution is 2.34. The molecule has 5 heteroatoms. The van der Waals surface area contributed by atoms with E-state index in [1.165, 1.54) is 12.8 Å². The van der Waals surface area contributed by atoms with Crippen molar-refractivity contribution in [3.63, 3.8) is 0 Å². The van der Waals surface area contributed by atoms with Crippen molar-refractivity contribution in [1.29, 1.82) is 0 Å². The Labute approximate surface area is 114 Å². The molecule has 3 rings (SSSR count). The van der Waals surface area contributed by atoms with E-state index >= 15 is 0 Å². The van der Waals surface area contributed by atoms with E-state index in [0.29, 0.717) is 17.8 Å². The van der Waals surface area contributed by atoms with Crippen LogP contribution in [0.15, 0.2) is 12.5 Å². The van der Waals surface area contributed by atoms with E-state index in [4.69, 9.17) is 0 Å². The van der Waals surface area contributed by atoms with Crippen LogP contribution >= 0.6 is 0 Å². The summed E-state index contributed by atoms with van der Waals surface area (Å²) in [6, 6.07) is 1.40. The summed E-state index contributed by atoms with van der Waals surface area (Å²) in [4.78, 5) is 18.7. The highest BCUT2D eigenvalue weighted by atomic mass is 16.2. The maximum Gasteiger partial charge on any atom is 0.271 e. The van der Waals surface area contributed by atoms with Crippen LogP contribution in [0, 0.1) is 0 Å². The van der Waals surface area contributed by atoms with Crippen LogP contribution in [0.5, 0.6) is 0 Å². The summed E-state index contributed by atoms with van der Waals surface area (Å²) < 4.78 is 2.06. The minimum atomic E-state index is -0.0324. The van der Waals surface area contributed by atoms with Crippen molar-refractivity contribution in [1.82, 2.24) is 19.8 Å². The lowest BCUT2D eigenvalue weighted by Gasteiger charge is -2.20. The zero-order valence-electron chi connectivity index (χ0n) is 11.7. The summed E-state index contributed by atoms with van der Waals surface area (Å²) in [7, 11) is 0. The molecule has 0 radical (unpaired) electrons. The van der Waals surface area contributed by atoms with Crippen LogP contribution in [0.25, 0.3) is 0 Å². The molecule has 1 amide bonds. The number of nitrogens with zero attached hydrogens (tertiary/aromatic N) is 3. The summed E-state index contributed by atoms with van der Waals surface area (Å²) in [5.74, 6) is -0.0324. The molecule has 1 saturated heterocycles. The Morgan fingerprint density at radius 1 is 1.42 bits per heavy atom. The van der Waals surface area contributed by atoms with E-state index in [9.17, 15) is 4.79 Å². The first kappa shape index (κ1) is 12.7. The molecule has 1 aliphatic heterocycles. The number of hydrogen-bond acceptors (Lipinski definition) is 3. The molecule has 1 aromatic heterocycles. The van der Waals surface area contributed by atoms with E-state index < -0.39 is 0 Å². The molecule has 0 bridgehead atoms. The lowest BCUT2D eigenvalue weighted by Crippen LogP contribution is -2.38. The highest BCUT2D eigenvalue weighted by molar-refractivity contribution is 5.92. The minimum Gasteiger partial charge on any atom is -0.347 e. The summed E-state index contributed by atoms with van der Waals surface area (Å²) in [5, 5.41) is 3.10. The Kier molecular flexibility index (Phi) is 3.31. The highest BCUT2D eigenvalue weighted by Gasteiger charge is 2.27. The Morgan fingerprint density at radius 2 is 2.21 bits per heavy atom. The Morgan fingerprint density at radius 3 is 2.84 bits per heavy atom. The molecular formula is C14H22N4O. The van der Waals surface area contributed by atoms with Crippen molar-refractivity contribution in [2.24, 2.45) is 0 Å². The van der Waals surface area contributed by atoms with E-state index in [1.807, 2.05) is 6.20 Å². The van der Waals surface area contributed by atoms with Crippen molar-refractivity contribution < 1.29 is 4.79 Å². The third-order valence-electron chi connectivity index (χ3n) is 4.09. The molecule has 19 heavy (non-hydrogen) atoms. The molecule has 1 aromatic rings. The zero-order chi connectivity index (χ0) is 13.4. The van der Waals surface area contributed by atoms with Crippen LogP contribution < -0.4 is 5.32 Å². The van der Waals surface area contributed by atoms with Crippen LogP contribution in [0.3, 0.4) is 0 Å². The van der Waals surface area contributed by atoms with E-state index in [2.05, 4.69) is 33.6 Å². The second-order valence-corrected chi connectivity index (χ2v) is 5.99. The predicted molar refractivity (Wildman–Crippen MR) is 73.1 cm³/mol. The van der Waals surface area contributed by atoms with Gasteiger partial charge in [0.25, 0.3) is 5.91 Å². The fraction of sp³-hybridized carbons (Fsp3) is 0.714. The summed E-state index contributed by atoms with van der Waals surface area (Å²) in [6.45, 7) is 6.41. The fourth-order valence-electron chi connectivity index (χ4n) is 2.66. The lowest BCUT2D eigenvalue weighted by atomic mass is 10.2. The Balaban J connectivity index is 1.55. The van der Waals surface area contributed by atoms with Crippen molar-refractivity contribution in [3.8, 4) is 0 Å². The monoisotopic (exact) mass is 262 g/mol. The molecule has 1 N–H and O–H groups in total. The molecule has 0 unspecified atom stereocenters. The summed E-state index contributed by atoms with van der Waals surface area (Å²) in [5.41, 5.74) is 0.551. The molecule has 5 nitrogen and oxygen atoms in total. The van der Waals surface area contributed by atoms with Gasteiger partial charge in [-0.05, 0) is 33.1 Å². The van der Waals surface area contributed by atoms with E-state index in [1.54, 1.807) is 6.33 Å². The molecule has 1 atom stereocenters. The van der Waals surface area contributed by atoms with Gasteiger partial charge in [0.05, 0.1) is 6.33 Å². The molecule has 2 heterocycles. The van der Waals surface area contributed by atoms with Crippen molar-refractivity contribution >= 4 is 5.91 Å². The third-order valence-corrected chi connectivity index (χ3v) is 4.09. The van der Waals surface area contributed by atoms with Gasteiger partial charge >= 0.3 is 0 Å². The van der Waals surface area contributed by atoms with Crippen LogP contribution in [-0.4, -0.2) is 45.5 Å². The second-order valence-electron chi connectivity index (χ2n) is 5.99. The van der Waals surface area contributed by atoms with Gasteiger partial charge in [0.15, 0.2) is 0 Å². The van der Waals surface area contributed by atoms with Gasteiger partial charge in [-0.2, -0.15) is 0 Å². The van der Waals surface area contributed by atoms with Crippen LogP contribution in [-0.2, 0) is 0 Å². The number of carbonyl (C=O) groups excluding carboxylic acids is 1. The SMILES string of the molecule is CC(C)N1CC[C@@H](NC(=O)c2cn(C3CC3)cn2)C1. The van der Waals surface area contributed by atoms with Gasteiger partial charge in [-0.3, -0.25) is 9.69 Å². The van der Waals surface area contributed by atoms with Crippen molar-refractivity contribution in [2.75, 3.05) is 13.1 Å². The third kappa shape index (κ3) is 2.81. The lowest BCUT2D eigenvalue weighted by molar-refractivity contribution is 0.0932. The van der Waals surface area contributed by atoms with Gasteiger partial charge < -0.3 is 9.88 Å². The molecule has 1 saturated carbocycles. The quantitative estimate of drug-likeness (QED) is 0.893. The zero-order valence-corrected chi connectivity index (χ0v) is 11.7. The molecular weight excluding hydrogens is 240 g/mol. The molecule has 1 aliphatic carbocycles. The van der Waals surface area contributed by atoms with Crippen LogP contribution in [0.1, 0.15) is 49.6 Å². The van der Waals surface area contributed by atoms with Crippen molar-refractivity contribution in [3.05, 3.63) is 18.2 Å². The number of aromatic nitrogens is 2. The van der Waals surface area contributed by atoms with Gasteiger partial charge in [-0.15, -0.1) is 0 Å². The Bertz CT molecular complexity index is 464. The number of imidazole rings is 1. The average molecular weight is 262 g/mol. The average Bonchev–Trinajstić information content (AvgIpc) is 2.92. The first-order valence-electron chi connectivity index (χ1n) is 7.22. The fourth-order valence-corrected chi connectivity index (χ4v) is 2.66. The predicted octanol–water partition coefficient (Wildman–Crippen LogP) is 1.43. The molecule has 2 fully saturated rings. The van der Waals surface area contributed by atoms with Crippen LogP contribution in [0.4, 0.5) is 0 Å². The summed E-state index contributed by atoms with van der Waals surface area (Å²) in [6.07, 6.45) is 7.11. The van der Waals surface area contributed by atoms with Crippen molar-refractivity contribution in [2.45, 2.75) is 51.2 Å². The van der Waals surface area contributed by atoms with Gasteiger partial charge in [0, 0.05) is 37.4 Å². The maximum atomic E-state index is 12.1. The first-order chi connectivity index (χ1) is 9.13. The number of amides is 1. The van der Waals surface area contributed by atoms with Crippen LogP contribution in [0.2, 0.25) is 0 Å². The molecule has 0 aromatic carbocycles. The largest absolute Gasteiger partial charge is 0.347 e. The standard InChI is InChI=1S/C14H22N4O/c1-10(2)17-6-5-11(7-17)16-14(19)13-8-18(9-15-13)12-3-4-12/h8-12H,3-7H2,1-2H3,(H,16,19)/t11-/m1/s1. The Hall–Kier alpha value is -1.36. The first-order valence-corrected chi connectivity index (χ1v) is 7.22. The number of rotatable bonds is 4. The molecule has 2 aliphatic rings. The number of nitrogens with one attached hydrogen (secondary N) is 1. The topological polar surface area (TPSA) is 50.2 Å². The molecule has 0 spiro atoms. The molecule has 104 valence electrons. The van der Waals surface area contributed by atoms with E-state index in [-0.39, 0.29) is 11.9 Å². The second kappa shape index (κ2) is 4.96. The number of likely N-dealkylation sites (tertiary alicyclic amines) is 1. The summed E-state index contributed by atoms with van der Waals surface area (Å²) >= 11 is 0.